The highest BCUT2D eigenvalue weighted by atomic mass is 19.4. The molecule has 0 saturated heterocycles. The van der Waals surface area contributed by atoms with Crippen LogP contribution in [0.3, 0.4) is 0 Å². The third-order valence-electron chi connectivity index (χ3n) is 7.29. The summed E-state index contributed by atoms with van der Waals surface area (Å²) in [4.78, 5) is 0. The molecule has 0 amide bonds. The third kappa shape index (κ3) is 8.93. The largest absolute Gasteiger partial charge is 0.573 e. The van der Waals surface area contributed by atoms with Gasteiger partial charge < -0.3 is 4.74 Å². The van der Waals surface area contributed by atoms with Crippen molar-refractivity contribution in [1.82, 2.24) is 0 Å². The molecule has 2 aliphatic rings. The van der Waals surface area contributed by atoms with Gasteiger partial charge in [-0.05, 0) is 79.7 Å². The number of halogens is 3. The fraction of sp³-hybridized carbons (Fsp3) is 0.643. The number of allylic oxidation sites excluding steroid dienone is 2. The minimum atomic E-state index is -4.66. The van der Waals surface area contributed by atoms with Crippen LogP contribution in [0, 0.1) is 35.5 Å². The average molecular weight is 447 g/mol. The molecule has 1 nitrogen and oxygen atoms in total. The van der Waals surface area contributed by atoms with Crippen molar-refractivity contribution in [3.63, 3.8) is 0 Å². The Balaban J connectivity index is 1.32. The molecular formula is C28H37F3O. The van der Waals surface area contributed by atoms with Crippen molar-refractivity contribution in [1.29, 1.82) is 0 Å². The van der Waals surface area contributed by atoms with Gasteiger partial charge in [0.05, 0.1) is 0 Å². The van der Waals surface area contributed by atoms with Gasteiger partial charge in [0.15, 0.2) is 0 Å². The van der Waals surface area contributed by atoms with Crippen LogP contribution in [0.5, 0.6) is 5.75 Å². The number of hydrogen-bond acceptors (Lipinski definition) is 1. The van der Waals surface area contributed by atoms with E-state index in [1.54, 1.807) is 12.1 Å². The van der Waals surface area contributed by atoms with Gasteiger partial charge in [-0.1, -0.05) is 76.2 Å². The first-order valence-corrected chi connectivity index (χ1v) is 12.4. The Morgan fingerprint density at radius 2 is 1.38 bits per heavy atom. The highest BCUT2D eigenvalue weighted by Crippen LogP contribution is 2.37. The van der Waals surface area contributed by atoms with Crippen LogP contribution in [0.15, 0.2) is 36.4 Å². The summed E-state index contributed by atoms with van der Waals surface area (Å²) < 4.78 is 40.5. The summed E-state index contributed by atoms with van der Waals surface area (Å²) in [5.74, 6) is 9.25. The van der Waals surface area contributed by atoms with Gasteiger partial charge in [-0.25, -0.2) is 0 Å². The van der Waals surface area contributed by atoms with E-state index in [-0.39, 0.29) is 5.75 Å². The van der Waals surface area contributed by atoms with Crippen molar-refractivity contribution in [2.24, 2.45) is 23.7 Å². The van der Waals surface area contributed by atoms with Gasteiger partial charge in [-0.2, -0.15) is 0 Å². The maximum Gasteiger partial charge on any atom is 0.573 e. The maximum atomic E-state index is 12.2. The number of alkyl halides is 3. The van der Waals surface area contributed by atoms with Crippen molar-refractivity contribution in [2.45, 2.75) is 90.3 Å². The molecule has 0 unspecified atom stereocenters. The minimum Gasteiger partial charge on any atom is -0.406 e. The maximum absolute atomic E-state index is 12.2. The molecule has 2 saturated carbocycles. The second-order valence-electron chi connectivity index (χ2n) is 9.73. The van der Waals surface area contributed by atoms with Gasteiger partial charge in [0.1, 0.15) is 5.75 Å². The fourth-order valence-electron chi connectivity index (χ4n) is 5.41. The Labute approximate surface area is 191 Å². The van der Waals surface area contributed by atoms with E-state index in [9.17, 15) is 13.2 Å². The van der Waals surface area contributed by atoms with Gasteiger partial charge in [-0.15, -0.1) is 13.2 Å². The lowest BCUT2D eigenvalue weighted by atomic mass is 9.75. The Morgan fingerprint density at radius 1 is 0.844 bits per heavy atom. The summed E-state index contributed by atoms with van der Waals surface area (Å²) >= 11 is 0. The van der Waals surface area contributed by atoms with E-state index in [2.05, 4.69) is 29.6 Å². The fourth-order valence-corrected chi connectivity index (χ4v) is 5.41. The summed E-state index contributed by atoms with van der Waals surface area (Å²) in [5, 5.41) is 0. The monoisotopic (exact) mass is 446 g/mol. The summed E-state index contributed by atoms with van der Waals surface area (Å²) in [7, 11) is 0. The van der Waals surface area contributed by atoms with Crippen LogP contribution in [0.25, 0.3) is 0 Å². The van der Waals surface area contributed by atoms with Crippen molar-refractivity contribution >= 4 is 0 Å². The van der Waals surface area contributed by atoms with E-state index in [1.807, 2.05) is 6.08 Å². The molecule has 0 atom stereocenters. The first-order valence-electron chi connectivity index (χ1n) is 12.4. The molecule has 0 heterocycles. The van der Waals surface area contributed by atoms with Gasteiger partial charge in [-0.3, -0.25) is 0 Å². The SMILES string of the molecule is CCC[C@H]1CC[C@H](CC[C@H]2CC[C@H](C=CC#Cc3ccc(OC(F)(F)F)cc3)CC2)CC1. The predicted molar refractivity (Wildman–Crippen MR) is 124 cm³/mol. The van der Waals surface area contributed by atoms with Crippen LogP contribution in [0.1, 0.15) is 89.5 Å². The van der Waals surface area contributed by atoms with E-state index in [1.165, 1.54) is 89.2 Å². The number of hydrogen-bond donors (Lipinski definition) is 0. The standard InChI is InChI=1S/C28H37F3O/c1-2-5-22-8-12-25(13-9-22)16-17-26-14-10-23(11-15-26)6-3-4-7-24-18-20-27(21-19-24)32-28(29,30)31/h3,6,18-23,25-26H,2,5,8-17H2,1H3/t22-,23-,25-,26-. The molecular weight excluding hydrogens is 409 g/mol. The van der Waals surface area contributed by atoms with Crippen LogP contribution < -0.4 is 4.74 Å². The molecule has 32 heavy (non-hydrogen) atoms. The zero-order chi connectivity index (χ0) is 22.8. The smallest absolute Gasteiger partial charge is 0.406 e. The Morgan fingerprint density at radius 3 is 1.91 bits per heavy atom. The molecule has 0 N–H and O–H groups in total. The molecule has 4 heteroatoms. The van der Waals surface area contributed by atoms with Crippen molar-refractivity contribution < 1.29 is 17.9 Å². The van der Waals surface area contributed by atoms with Gasteiger partial charge in [0.2, 0.25) is 0 Å². The summed E-state index contributed by atoms with van der Waals surface area (Å²) in [6.07, 6.45) is 16.0. The van der Waals surface area contributed by atoms with E-state index < -0.39 is 6.36 Å². The van der Waals surface area contributed by atoms with Gasteiger partial charge >= 0.3 is 6.36 Å². The quantitative estimate of drug-likeness (QED) is 0.381. The van der Waals surface area contributed by atoms with E-state index >= 15 is 0 Å². The lowest BCUT2D eigenvalue weighted by molar-refractivity contribution is -0.274. The molecule has 0 spiro atoms. The van der Waals surface area contributed by atoms with Crippen LogP contribution in [-0.4, -0.2) is 6.36 Å². The first kappa shape index (κ1) is 24.7. The summed E-state index contributed by atoms with van der Waals surface area (Å²) in [6, 6.07) is 5.67. The van der Waals surface area contributed by atoms with Crippen LogP contribution >= 0.6 is 0 Å². The highest BCUT2D eigenvalue weighted by Gasteiger charge is 2.31. The molecule has 0 radical (unpaired) electrons. The van der Waals surface area contributed by atoms with Gasteiger partial charge in [0, 0.05) is 5.56 Å². The van der Waals surface area contributed by atoms with Crippen LogP contribution in [0.4, 0.5) is 13.2 Å². The molecule has 0 aromatic heterocycles. The Bertz CT molecular complexity index is 753. The molecule has 0 bridgehead atoms. The van der Waals surface area contributed by atoms with E-state index in [0.29, 0.717) is 11.5 Å². The topological polar surface area (TPSA) is 9.23 Å². The zero-order valence-corrected chi connectivity index (χ0v) is 19.3. The van der Waals surface area contributed by atoms with Crippen molar-refractivity contribution in [2.75, 3.05) is 0 Å². The van der Waals surface area contributed by atoms with E-state index in [0.717, 1.165) is 17.8 Å². The predicted octanol–water partition coefficient (Wildman–Crippen LogP) is 8.69. The zero-order valence-electron chi connectivity index (χ0n) is 19.3. The normalized spacial score (nSPS) is 26.5. The molecule has 176 valence electrons. The second-order valence-corrected chi connectivity index (χ2v) is 9.73. The summed E-state index contributed by atoms with van der Waals surface area (Å²) in [6.45, 7) is 2.31. The number of rotatable bonds is 7. The van der Waals surface area contributed by atoms with Crippen LogP contribution in [0.2, 0.25) is 0 Å². The number of benzene rings is 1. The second kappa shape index (κ2) is 12.4. The van der Waals surface area contributed by atoms with Gasteiger partial charge in [0.25, 0.3) is 0 Å². The first-order chi connectivity index (χ1) is 15.4. The van der Waals surface area contributed by atoms with E-state index in [4.69, 9.17) is 0 Å². The van der Waals surface area contributed by atoms with Crippen LogP contribution in [-0.2, 0) is 0 Å². The minimum absolute atomic E-state index is 0.223. The Hall–Kier alpha value is -1.89. The molecule has 1 aromatic carbocycles. The molecule has 0 aliphatic heterocycles. The van der Waals surface area contributed by atoms with Crippen molar-refractivity contribution in [3.8, 4) is 17.6 Å². The lowest BCUT2D eigenvalue weighted by Crippen LogP contribution is -2.17. The molecule has 2 aliphatic carbocycles. The Kier molecular flexibility index (Phi) is 9.57. The molecule has 1 aromatic rings. The van der Waals surface area contributed by atoms with Crippen molar-refractivity contribution in [3.05, 3.63) is 42.0 Å². The average Bonchev–Trinajstić information content (AvgIpc) is 2.77. The summed E-state index contributed by atoms with van der Waals surface area (Å²) in [5.41, 5.74) is 0.677. The molecule has 3 rings (SSSR count). The lowest BCUT2D eigenvalue weighted by Gasteiger charge is -2.31. The molecule has 2 fully saturated rings. The number of ether oxygens (including phenoxy) is 1. The highest BCUT2D eigenvalue weighted by molar-refractivity contribution is 5.40. The third-order valence-corrected chi connectivity index (χ3v) is 7.29.